The van der Waals surface area contributed by atoms with Crippen molar-refractivity contribution in [3.63, 3.8) is 0 Å². The Morgan fingerprint density at radius 1 is 1.25 bits per heavy atom. The van der Waals surface area contributed by atoms with Crippen molar-refractivity contribution < 1.29 is 14.3 Å². The third-order valence-electron chi connectivity index (χ3n) is 8.02. The number of esters is 1. The van der Waals surface area contributed by atoms with Crippen LogP contribution in [-0.2, 0) is 27.4 Å². The number of aromatic nitrogens is 3. The normalized spacial score (nSPS) is 19.5. The second-order valence-electron chi connectivity index (χ2n) is 11.9. The first kappa shape index (κ1) is 28.5. The first-order valence-electron chi connectivity index (χ1n) is 14.7. The van der Waals surface area contributed by atoms with Gasteiger partial charge in [0.25, 0.3) is 5.56 Å². The van der Waals surface area contributed by atoms with Crippen molar-refractivity contribution in [1.29, 1.82) is 0 Å². The van der Waals surface area contributed by atoms with E-state index in [9.17, 15) is 9.59 Å². The number of morpholine rings is 1. The number of H-pyrrole nitrogens is 1. The van der Waals surface area contributed by atoms with E-state index in [4.69, 9.17) is 14.5 Å². The molecule has 5 rings (SSSR count). The minimum atomic E-state index is -0.339. The molecule has 1 aliphatic carbocycles. The van der Waals surface area contributed by atoms with Crippen LogP contribution in [0.1, 0.15) is 57.1 Å². The third-order valence-corrected chi connectivity index (χ3v) is 8.02. The number of pyridine rings is 1. The fraction of sp³-hybridized carbons (Fsp3) is 0.581. The van der Waals surface area contributed by atoms with Crippen LogP contribution >= 0.6 is 0 Å². The fourth-order valence-electron chi connectivity index (χ4n) is 5.83. The fourth-order valence-corrected chi connectivity index (χ4v) is 5.83. The summed E-state index contributed by atoms with van der Waals surface area (Å²) in [6, 6.07) is 7.83. The Morgan fingerprint density at radius 3 is 2.77 bits per heavy atom. The highest BCUT2D eigenvalue weighted by Gasteiger charge is 2.26. The zero-order valence-corrected chi connectivity index (χ0v) is 24.2. The number of hydrogen-bond acceptors (Lipinski definition) is 7. The average molecular weight is 550 g/mol. The van der Waals surface area contributed by atoms with Gasteiger partial charge in [0.2, 0.25) is 0 Å². The van der Waals surface area contributed by atoms with Crippen LogP contribution in [0, 0.1) is 12.8 Å². The number of imidazole rings is 1. The van der Waals surface area contributed by atoms with Crippen LogP contribution in [0.2, 0.25) is 0 Å². The quantitative estimate of drug-likeness (QED) is 0.369. The highest BCUT2D eigenvalue weighted by molar-refractivity contribution is 5.81. The molecule has 9 heteroatoms. The van der Waals surface area contributed by atoms with Gasteiger partial charge in [0.1, 0.15) is 18.0 Å². The van der Waals surface area contributed by atoms with Gasteiger partial charge in [-0.05, 0) is 75.8 Å². The molecule has 2 atom stereocenters. The number of aromatic amines is 1. The average Bonchev–Trinajstić information content (AvgIpc) is 3.55. The molecule has 0 bridgehead atoms. The maximum Gasteiger partial charge on any atom is 0.323 e. The van der Waals surface area contributed by atoms with Crippen molar-refractivity contribution in [2.24, 2.45) is 5.92 Å². The minimum Gasteiger partial charge on any atom is -0.461 e. The van der Waals surface area contributed by atoms with Crippen molar-refractivity contribution >= 4 is 17.0 Å². The van der Waals surface area contributed by atoms with Crippen molar-refractivity contribution in [3.05, 3.63) is 51.9 Å². The van der Waals surface area contributed by atoms with E-state index < -0.39 is 0 Å². The Kier molecular flexibility index (Phi) is 9.03. The number of rotatable bonds is 10. The molecule has 2 N–H and O–H groups in total. The van der Waals surface area contributed by atoms with E-state index in [1.54, 1.807) is 6.20 Å². The zero-order valence-electron chi connectivity index (χ0n) is 24.2. The van der Waals surface area contributed by atoms with Gasteiger partial charge >= 0.3 is 5.97 Å². The van der Waals surface area contributed by atoms with Crippen molar-refractivity contribution in [1.82, 2.24) is 24.8 Å². The first-order valence-corrected chi connectivity index (χ1v) is 14.7. The maximum atomic E-state index is 13.0. The molecule has 0 radical (unpaired) electrons. The molecular weight excluding hydrogens is 506 g/mol. The number of nitrogens with zero attached hydrogens (tertiary/aromatic N) is 3. The van der Waals surface area contributed by atoms with Crippen LogP contribution < -0.4 is 10.9 Å². The molecule has 9 nitrogen and oxygen atoms in total. The lowest BCUT2D eigenvalue weighted by Gasteiger charge is -2.30. The second kappa shape index (κ2) is 12.7. The largest absolute Gasteiger partial charge is 0.461 e. The van der Waals surface area contributed by atoms with E-state index in [1.165, 1.54) is 0 Å². The number of nitrogens with one attached hydrogen (secondary N) is 2. The summed E-state index contributed by atoms with van der Waals surface area (Å²) in [6.45, 7) is 9.75. The summed E-state index contributed by atoms with van der Waals surface area (Å²) in [6.07, 6.45) is 6.78. The van der Waals surface area contributed by atoms with Crippen LogP contribution in [0.5, 0.6) is 0 Å². The van der Waals surface area contributed by atoms with Crippen LogP contribution in [0.3, 0.4) is 0 Å². The molecule has 2 aromatic heterocycles. The van der Waals surface area contributed by atoms with Gasteiger partial charge in [0, 0.05) is 37.0 Å². The van der Waals surface area contributed by atoms with E-state index in [2.05, 4.69) is 58.9 Å². The Labute approximate surface area is 236 Å². The Bertz CT molecular complexity index is 1370. The second-order valence-corrected chi connectivity index (χ2v) is 11.9. The van der Waals surface area contributed by atoms with Gasteiger partial charge in [-0.1, -0.05) is 19.9 Å². The smallest absolute Gasteiger partial charge is 0.323 e. The molecule has 0 unspecified atom stereocenters. The molecule has 2 fully saturated rings. The molecule has 1 saturated heterocycles. The lowest BCUT2D eigenvalue weighted by Crippen LogP contribution is -2.42. The maximum absolute atomic E-state index is 13.0. The van der Waals surface area contributed by atoms with Gasteiger partial charge in [0.05, 0.1) is 30.3 Å². The molecule has 3 heterocycles. The lowest BCUT2D eigenvalue weighted by molar-refractivity contribution is -0.151. The molecule has 1 aliphatic heterocycles. The van der Waals surface area contributed by atoms with Gasteiger partial charge in [-0.2, -0.15) is 0 Å². The highest BCUT2D eigenvalue weighted by Crippen LogP contribution is 2.27. The predicted octanol–water partition coefficient (Wildman–Crippen LogP) is 4.02. The van der Waals surface area contributed by atoms with Crippen LogP contribution in [0.25, 0.3) is 22.4 Å². The standard InChI is InChI=1S/C31H43N5O4/c1-20(2)13-27(31(38)40-24-7-5-6-8-24)32-16-22-9-10-28-26(15-22)34-29(23-14-21(3)30(37)33-17-23)36(28)19-25-18-35(4)11-12-39-25/h9-10,14-15,17,20,24-25,27,32H,5-8,11-13,16,18-19H2,1-4H3,(H,33,37)/t25-,27+/m1/s1. The molecule has 1 aromatic carbocycles. The van der Waals surface area contributed by atoms with Crippen molar-refractivity contribution in [3.8, 4) is 11.4 Å². The van der Waals surface area contributed by atoms with E-state index in [1.807, 2.05) is 13.0 Å². The number of carbonyl (C=O) groups is 1. The third kappa shape index (κ3) is 6.82. The first-order chi connectivity index (χ1) is 19.3. The summed E-state index contributed by atoms with van der Waals surface area (Å²) in [4.78, 5) is 35.2. The van der Waals surface area contributed by atoms with E-state index >= 15 is 0 Å². The van der Waals surface area contributed by atoms with Crippen LogP contribution in [0.4, 0.5) is 0 Å². The van der Waals surface area contributed by atoms with Gasteiger partial charge in [-0.3, -0.25) is 9.59 Å². The topological polar surface area (TPSA) is 101 Å². The number of likely N-dealkylation sites (N-methyl/N-ethyl adjacent to an activating group) is 1. The lowest BCUT2D eigenvalue weighted by atomic mass is 10.0. The van der Waals surface area contributed by atoms with E-state index in [0.717, 1.165) is 73.2 Å². The van der Waals surface area contributed by atoms with Gasteiger partial charge in [-0.25, -0.2) is 4.98 Å². The summed E-state index contributed by atoms with van der Waals surface area (Å²) in [5.41, 5.74) is 4.35. The SMILES string of the molecule is Cc1cc(-c2nc3cc(CN[C@@H](CC(C)C)C(=O)OC4CCCC4)ccc3n2C[C@H]2CN(C)CCO2)c[nH]c1=O. The van der Waals surface area contributed by atoms with Crippen LogP contribution in [-0.4, -0.2) is 70.4 Å². The van der Waals surface area contributed by atoms with Crippen molar-refractivity contribution in [2.45, 2.75) is 84.2 Å². The monoisotopic (exact) mass is 549 g/mol. The molecule has 216 valence electrons. The Balaban J connectivity index is 1.40. The summed E-state index contributed by atoms with van der Waals surface area (Å²) in [7, 11) is 2.11. The molecule has 0 amide bonds. The molecule has 40 heavy (non-hydrogen) atoms. The summed E-state index contributed by atoms with van der Waals surface area (Å²) >= 11 is 0. The van der Waals surface area contributed by atoms with E-state index in [-0.39, 0.29) is 29.8 Å². The minimum absolute atomic E-state index is 0.0442. The number of fused-ring (bicyclic) bond motifs is 1. The predicted molar refractivity (Wildman–Crippen MR) is 156 cm³/mol. The Hall–Kier alpha value is -3.01. The summed E-state index contributed by atoms with van der Waals surface area (Å²) < 4.78 is 14.1. The Morgan fingerprint density at radius 2 is 2.05 bits per heavy atom. The highest BCUT2D eigenvalue weighted by atomic mass is 16.5. The summed E-state index contributed by atoms with van der Waals surface area (Å²) in [5.74, 6) is 1.03. The van der Waals surface area contributed by atoms with Crippen molar-refractivity contribution in [2.75, 3.05) is 26.7 Å². The number of benzene rings is 1. The number of carbonyl (C=O) groups excluding carboxylic acids is 1. The van der Waals surface area contributed by atoms with E-state index in [0.29, 0.717) is 31.2 Å². The van der Waals surface area contributed by atoms with Gasteiger partial charge in [0.15, 0.2) is 0 Å². The van der Waals surface area contributed by atoms with Gasteiger partial charge in [-0.15, -0.1) is 0 Å². The zero-order chi connectivity index (χ0) is 28.2. The number of aryl methyl sites for hydroxylation is 1. The number of hydrogen-bond donors (Lipinski definition) is 2. The molecule has 1 saturated carbocycles. The summed E-state index contributed by atoms with van der Waals surface area (Å²) in [5, 5.41) is 3.47. The molecular formula is C31H43N5O4. The van der Waals surface area contributed by atoms with Gasteiger partial charge < -0.3 is 29.2 Å². The van der Waals surface area contributed by atoms with Crippen LogP contribution in [0.15, 0.2) is 35.3 Å². The molecule has 3 aromatic rings. The number of ether oxygens (including phenoxy) is 2. The molecule has 2 aliphatic rings. The molecule has 0 spiro atoms.